The molecule has 1 atom stereocenters. The molecule has 32 heavy (non-hydrogen) atoms. The Morgan fingerprint density at radius 3 is 2.38 bits per heavy atom. The van der Waals surface area contributed by atoms with Crippen molar-refractivity contribution in [2.75, 3.05) is 18.1 Å². The van der Waals surface area contributed by atoms with Gasteiger partial charge >= 0.3 is 0 Å². The number of aromatic nitrogens is 2. The molecule has 162 valence electrons. The normalized spacial score (nSPS) is 16.1. The fourth-order valence-corrected chi connectivity index (χ4v) is 4.43. The van der Waals surface area contributed by atoms with Gasteiger partial charge in [0.05, 0.1) is 17.6 Å². The number of benzene rings is 3. The molecular formula is C25H21Cl2N3O2. The van der Waals surface area contributed by atoms with Gasteiger partial charge < -0.3 is 14.2 Å². The smallest absolute Gasteiger partial charge is 0.227 e. The van der Waals surface area contributed by atoms with Crippen LogP contribution in [-0.4, -0.2) is 28.6 Å². The first-order chi connectivity index (χ1) is 15.6. The molecule has 0 aliphatic carbocycles. The van der Waals surface area contributed by atoms with E-state index in [0.29, 0.717) is 36.2 Å². The molecule has 1 aliphatic heterocycles. The molecule has 1 amide bonds. The summed E-state index contributed by atoms with van der Waals surface area (Å²) in [5.74, 6) is 1.77. The quantitative estimate of drug-likeness (QED) is 0.353. The molecule has 4 aromatic rings. The number of anilines is 1. The second-order valence-corrected chi connectivity index (χ2v) is 8.67. The highest BCUT2D eigenvalue weighted by Crippen LogP contribution is 2.33. The van der Waals surface area contributed by atoms with Crippen molar-refractivity contribution in [3.63, 3.8) is 0 Å². The van der Waals surface area contributed by atoms with Gasteiger partial charge in [-0.25, -0.2) is 4.98 Å². The van der Waals surface area contributed by atoms with E-state index in [4.69, 9.17) is 32.9 Å². The Labute approximate surface area is 196 Å². The van der Waals surface area contributed by atoms with Crippen molar-refractivity contribution in [1.82, 2.24) is 9.55 Å². The van der Waals surface area contributed by atoms with Gasteiger partial charge in [-0.2, -0.15) is 0 Å². The standard InChI is InChI=1S/C25H21Cl2N3O2/c26-18-5-9-20(10-6-18)30-16-17(15-24(30)31)25-28-22-3-1-2-4-23(22)29(25)13-14-32-21-11-7-19(27)8-12-21/h1-12,17H,13-16H2. The van der Waals surface area contributed by atoms with Crippen LogP contribution in [0.1, 0.15) is 18.2 Å². The van der Waals surface area contributed by atoms with Crippen LogP contribution in [0.2, 0.25) is 10.0 Å². The number of fused-ring (bicyclic) bond motifs is 1. The number of carbonyl (C=O) groups excluding carboxylic acids is 1. The van der Waals surface area contributed by atoms with Crippen LogP contribution in [0.25, 0.3) is 11.0 Å². The Bertz CT molecular complexity index is 1250. The molecule has 7 heteroatoms. The molecule has 0 bridgehead atoms. The first-order valence-electron chi connectivity index (χ1n) is 10.5. The molecule has 0 radical (unpaired) electrons. The number of hydrogen-bond donors (Lipinski definition) is 0. The van der Waals surface area contributed by atoms with Crippen LogP contribution in [0.5, 0.6) is 5.75 Å². The molecular weight excluding hydrogens is 445 g/mol. The van der Waals surface area contributed by atoms with E-state index in [0.717, 1.165) is 28.3 Å². The highest BCUT2D eigenvalue weighted by Gasteiger charge is 2.34. The summed E-state index contributed by atoms with van der Waals surface area (Å²) in [7, 11) is 0. The maximum Gasteiger partial charge on any atom is 0.227 e. The lowest BCUT2D eigenvalue weighted by Gasteiger charge is -2.17. The predicted molar refractivity (Wildman–Crippen MR) is 128 cm³/mol. The number of hydrogen-bond acceptors (Lipinski definition) is 3. The van der Waals surface area contributed by atoms with Crippen molar-refractivity contribution in [3.05, 3.63) is 88.7 Å². The van der Waals surface area contributed by atoms with Gasteiger partial charge in [0.2, 0.25) is 5.91 Å². The minimum absolute atomic E-state index is 0.00103. The molecule has 1 saturated heterocycles. The lowest BCUT2D eigenvalue weighted by molar-refractivity contribution is -0.117. The summed E-state index contributed by atoms with van der Waals surface area (Å²) in [6.07, 6.45) is 0.421. The zero-order chi connectivity index (χ0) is 22.1. The van der Waals surface area contributed by atoms with Crippen molar-refractivity contribution in [2.24, 2.45) is 0 Å². The topological polar surface area (TPSA) is 47.4 Å². The van der Waals surface area contributed by atoms with Crippen LogP contribution in [-0.2, 0) is 11.3 Å². The van der Waals surface area contributed by atoms with Gasteiger partial charge in [-0.1, -0.05) is 35.3 Å². The van der Waals surface area contributed by atoms with Crippen molar-refractivity contribution in [1.29, 1.82) is 0 Å². The minimum Gasteiger partial charge on any atom is -0.492 e. The number of halogens is 2. The third kappa shape index (κ3) is 4.18. The van der Waals surface area contributed by atoms with Crippen LogP contribution in [0.3, 0.4) is 0 Å². The van der Waals surface area contributed by atoms with E-state index in [2.05, 4.69) is 10.6 Å². The largest absolute Gasteiger partial charge is 0.492 e. The van der Waals surface area contributed by atoms with Crippen LogP contribution in [0.15, 0.2) is 72.8 Å². The number of imidazole rings is 1. The highest BCUT2D eigenvalue weighted by atomic mass is 35.5. The number of carbonyl (C=O) groups is 1. The van der Waals surface area contributed by atoms with E-state index >= 15 is 0 Å². The third-order valence-corrected chi connectivity index (χ3v) is 6.21. The molecule has 0 spiro atoms. The van der Waals surface area contributed by atoms with Gasteiger partial charge in [-0.3, -0.25) is 4.79 Å². The van der Waals surface area contributed by atoms with E-state index in [9.17, 15) is 4.79 Å². The minimum atomic E-state index is 0.00103. The average Bonchev–Trinajstić information content (AvgIpc) is 3.36. The number of para-hydroxylation sites is 2. The fourth-order valence-electron chi connectivity index (χ4n) is 4.18. The number of amides is 1. The van der Waals surface area contributed by atoms with E-state index < -0.39 is 0 Å². The zero-order valence-corrected chi connectivity index (χ0v) is 18.8. The Morgan fingerprint density at radius 1 is 0.938 bits per heavy atom. The molecule has 5 nitrogen and oxygen atoms in total. The summed E-state index contributed by atoms with van der Waals surface area (Å²) in [5, 5.41) is 1.33. The molecule has 2 heterocycles. The molecule has 0 N–H and O–H groups in total. The van der Waals surface area contributed by atoms with Crippen LogP contribution >= 0.6 is 23.2 Å². The number of rotatable bonds is 6. The molecule has 0 saturated carbocycles. The Balaban J connectivity index is 1.39. The summed E-state index contributed by atoms with van der Waals surface area (Å²) in [5.41, 5.74) is 2.82. The van der Waals surface area contributed by atoms with Gasteiger partial charge in [-0.05, 0) is 60.7 Å². The van der Waals surface area contributed by atoms with Gasteiger partial charge in [0.15, 0.2) is 0 Å². The average molecular weight is 466 g/mol. The molecule has 5 rings (SSSR count). The van der Waals surface area contributed by atoms with Gasteiger partial charge in [0, 0.05) is 34.6 Å². The van der Waals surface area contributed by atoms with Crippen molar-refractivity contribution >= 4 is 45.8 Å². The van der Waals surface area contributed by atoms with Crippen LogP contribution in [0, 0.1) is 0 Å². The number of nitrogens with zero attached hydrogens (tertiary/aromatic N) is 3. The molecule has 1 fully saturated rings. The predicted octanol–water partition coefficient (Wildman–Crippen LogP) is 5.94. The van der Waals surface area contributed by atoms with Crippen LogP contribution in [0.4, 0.5) is 5.69 Å². The van der Waals surface area contributed by atoms with Gasteiger partial charge in [0.1, 0.15) is 18.2 Å². The van der Waals surface area contributed by atoms with Crippen LogP contribution < -0.4 is 9.64 Å². The van der Waals surface area contributed by atoms with E-state index in [1.165, 1.54) is 0 Å². The Hall–Kier alpha value is -3.02. The van der Waals surface area contributed by atoms with Gasteiger partial charge in [-0.15, -0.1) is 0 Å². The summed E-state index contributed by atoms with van der Waals surface area (Å²) in [6.45, 7) is 1.70. The molecule has 1 aliphatic rings. The van der Waals surface area contributed by atoms with Crippen molar-refractivity contribution < 1.29 is 9.53 Å². The second kappa shape index (κ2) is 8.85. The maximum absolute atomic E-state index is 12.8. The maximum atomic E-state index is 12.8. The third-order valence-electron chi connectivity index (χ3n) is 5.71. The summed E-state index contributed by atoms with van der Waals surface area (Å²) >= 11 is 12.0. The second-order valence-electron chi connectivity index (χ2n) is 7.79. The van der Waals surface area contributed by atoms with Gasteiger partial charge in [0.25, 0.3) is 0 Å². The van der Waals surface area contributed by atoms with Crippen molar-refractivity contribution in [3.8, 4) is 5.75 Å². The zero-order valence-electron chi connectivity index (χ0n) is 17.2. The van der Waals surface area contributed by atoms with E-state index in [-0.39, 0.29) is 11.8 Å². The summed E-state index contributed by atoms with van der Waals surface area (Å²) < 4.78 is 8.10. The van der Waals surface area contributed by atoms with E-state index in [1.807, 2.05) is 59.5 Å². The lowest BCUT2D eigenvalue weighted by atomic mass is 10.1. The molecule has 1 unspecified atom stereocenters. The first kappa shape index (κ1) is 20.9. The lowest BCUT2D eigenvalue weighted by Crippen LogP contribution is -2.24. The summed E-state index contributed by atoms with van der Waals surface area (Å²) in [6, 6.07) is 22.8. The Kier molecular flexibility index (Phi) is 5.77. The SMILES string of the molecule is O=C1CC(c2nc3ccccc3n2CCOc2ccc(Cl)cc2)CN1c1ccc(Cl)cc1. The molecule has 3 aromatic carbocycles. The molecule has 1 aromatic heterocycles. The highest BCUT2D eigenvalue weighted by molar-refractivity contribution is 6.30. The summed E-state index contributed by atoms with van der Waals surface area (Å²) in [4.78, 5) is 19.5. The van der Waals surface area contributed by atoms with Crippen molar-refractivity contribution in [2.45, 2.75) is 18.9 Å². The van der Waals surface area contributed by atoms with E-state index in [1.54, 1.807) is 12.1 Å². The Morgan fingerprint density at radius 2 is 1.62 bits per heavy atom. The fraction of sp³-hybridized carbons (Fsp3) is 0.200. The monoisotopic (exact) mass is 465 g/mol. The number of ether oxygens (including phenoxy) is 1. The first-order valence-corrected chi connectivity index (χ1v) is 11.2.